The van der Waals surface area contributed by atoms with Gasteiger partial charge in [0.05, 0.1) is 29.1 Å². The first-order chi connectivity index (χ1) is 33.3. The van der Waals surface area contributed by atoms with Crippen molar-refractivity contribution >= 4 is 28.9 Å². The zero-order valence-electron chi connectivity index (χ0n) is 39.8. The van der Waals surface area contributed by atoms with Crippen molar-refractivity contribution in [2.24, 2.45) is 5.92 Å². The van der Waals surface area contributed by atoms with E-state index >= 15 is 0 Å². The molecule has 0 spiro atoms. The van der Waals surface area contributed by atoms with Crippen molar-refractivity contribution in [1.29, 1.82) is 0 Å². The van der Waals surface area contributed by atoms with Gasteiger partial charge in [0.1, 0.15) is 11.4 Å². The highest BCUT2D eigenvalue weighted by Crippen LogP contribution is 2.42. The molecule has 0 amide bonds. The second-order valence-electron chi connectivity index (χ2n) is 19.0. The van der Waals surface area contributed by atoms with Gasteiger partial charge in [-0.05, 0) is 130 Å². The Morgan fingerprint density at radius 3 is 1.99 bits per heavy atom. The number of hydrogen-bond acceptors (Lipinski definition) is 10. The predicted molar refractivity (Wildman–Crippen MR) is 269 cm³/mol. The van der Waals surface area contributed by atoms with E-state index in [9.17, 15) is 29.6 Å². The number of anilines is 2. The van der Waals surface area contributed by atoms with Gasteiger partial charge in [-0.1, -0.05) is 109 Å². The van der Waals surface area contributed by atoms with Gasteiger partial charge in [0.15, 0.2) is 0 Å². The number of carboxylic acids is 1. The topological polar surface area (TPSA) is 151 Å². The van der Waals surface area contributed by atoms with Crippen LogP contribution in [0, 0.1) is 11.7 Å². The smallest absolute Gasteiger partial charge is 0.313 e. The van der Waals surface area contributed by atoms with Gasteiger partial charge in [-0.2, -0.15) is 4.98 Å². The van der Waals surface area contributed by atoms with E-state index in [1.807, 2.05) is 115 Å². The number of aliphatic hydroxyl groups is 2. The molecule has 0 saturated carbocycles. The molecule has 0 radical (unpaired) electrons. The summed E-state index contributed by atoms with van der Waals surface area (Å²) in [6, 6.07) is 43.8. The first kappa shape index (κ1) is 48.8. The first-order valence-corrected chi connectivity index (χ1v) is 24.1. The average Bonchev–Trinajstić information content (AvgIpc) is 3.75. The van der Waals surface area contributed by atoms with Crippen molar-refractivity contribution in [3.8, 4) is 5.88 Å². The molecule has 69 heavy (non-hydrogen) atoms. The van der Waals surface area contributed by atoms with Gasteiger partial charge < -0.3 is 39.7 Å². The molecule has 2 aliphatic rings. The monoisotopic (exact) mass is 933 g/mol. The maximum atomic E-state index is 13.4. The number of benzene rings is 5. The fraction of sp³-hybridized carbons (Fsp3) is 0.357. The molecule has 4 heterocycles. The summed E-state index contributed by atoms with van der Waals surface area (Å²) in [7, 11) is 1.97. The number of aliphatic carboxylic acids is 1. The number of piperidine rings is 2. The van der Waals surface area contributed by atoms with Gasteiger partial charge >= 0.3 is 5.97 Å². The van der Waals surface area contributed by atoms with Gasteiger partial charge in [-0.3, -0.25) is 4.79 Å². The summed E-state index contributed by atoms with van der Waals surface area (Å²) in [5, 5.41) is 41.8. The lowest BCUT2D eigenvalue weighted by atomic mass is 9.72. The number of nitrogens with zero attached hydrogens (tertiary/aromatic N) is 7. The van der Waals surface area contributed by atoms with E-state index in [2.05, 4.69) is 30.4 Å². The standard InChI is InChI=1S/C32H39NO4.C24H25FN6O/c1-31(2,30(35)36)25-17-15-24(16-18-25)29(34)14-9-21-33-22-19-28(20-23-33)32(37,26-10-5-3-6-11-26)27-12-7-4-8-13-27;1-29(23-26-13-10-22(32)28-23)19-11-14-30(15-12-19)24-27-20-4-2-3-5-21(20)31(24)16-17-6-8-18(25)9-7-17/h3-8,10-13,15-18,28-29,34,37H,9,14,19-23H2,1-2H3,(H,35,36);2-10,13,19H,11-12,14-16H2,1H3,(H,26,28,32). The lowest BCUT2D eigenvalue weighted by molar-refractivity contribution is -0.142. The number of likely N-dealkylation sites (tertiary alicyclic amines) is 1. The second kappa shape index (κ2) is 21.7. The Labute approximate surface area is 404 Å². The molecular formula is C56H64FN7O5. The van der Waals surface area contributed by atoms with E-state index in [1.54, 1.807) is 32.2 Å². The number of carboxylic acid groups (broad SMARTS) is 1. The predicted octanol–water partition coefficient (Wildman–Crippen LogP) is 9.34. The zero-order valence-corrected chi connectivity index (χ0v) is 39.8. The van der Waals surface area contributed by atoms with Gasteiger partial charge in [0.2, 0.25) is 17.8 Å². The van der Waals surface area contributed by atoms with Gasteiger partial charge in [0.25, 0.3) is 0 Å². The van der Waals surface area contributed by atoms with E-state index in [0.717, 1.165) is 110 Å². The molecule has 1 atom stereocenters. The third-order valence-corrected chi connectivity index (χ3v) is 14.2. The van der Waals surface area contributed by atoms with Gasteiger partial charge in [-0.25, -0.2) is 14.4 Å². The molecule has 12 nitrogen and oxygen atoms in total. The van der Waals surface area contributed by atoms with Crippen LogP contribution in [0.1, 0.15) is 86.3 Å². The van der Waals surface area contributed by atoms with Crippen LogP contribution in [-0.4, -0.2) is 96.6 Å². The summed E-state index contributed by atoms with van der Waals surface area (Å²) >= 11 is 0. The molecule has 2 aliphatic heterocycles. The summed E-state index contributed by atoms with van der Waals surface area (Å²) in [4.78, 5) is 31.6. The van der Waals surface area contributed by atoms with Gasteiger partial charge in [0, 0.05) is 38.4 Å². The molecule has 13 heteroatoms. The minimum absolute atomic E-state index is 0.0196. The van der Waals surface area contributed by atoms with Crippen molar-refractivity contribution in [2.75, 3.05) is 49.6 Å². The van der Waals surface area contributed by atoms with Crippen LogP contribution in [0.4, 0.5) is 16.3 Å². The molecular weight excluding hydrogens is 870 g/mol. The summed E-state index contributed by atoms with van der Waals surface area (Å²) in [5.74, 6) is 0.487. The molecule has 2 saturated heterocycles. The molecule has 1 unspecified atom stereocenters. The third kappa shape index (κ3) is 11.3. The van der Waals surface area contributed by atoms with Crippen LogP contribution >= 0.6 is 0 Å². The number of hydrogen-bond donors (Lipinski definition) is 4. The first-order valence-electron chi connectivity index (χ1n) is 24.1. The maximum Gasteiger partial charge on any atom is 0.313 e. The Morgan fingerprint density at radius 2 is 1.38 bits per heavy atom. The molecule has 0 bridgehead atoms. The quantitative estimate of drug-likeness (QED) is 0.0779. The van der Waals surface area contributed by atoms with Crippen molar-refractivity contribution in [1.82, 2.24) is 24.4 Å². The number of aromatic hydroxyl groups is 1. The van der Waals surface area contributed by atoms with Crippen LogP contribution in [0.5, 0.6) is 5.88 Å². The van der Waals surface area contributed by atoms with Crippen molar-refractivity contribution in [3.05, 3.63) is 179 Å². The number of imidazole rings is 1. The van der Waals surface area contributed by atoms with E-state index in [-0.39, 0.29) is 23.7 Å². The largest absolute Gasteiger partial charge is 0.493 e. The Kier molecular flexibility index (Phi) is 15.4. The second-order valence-corrected chi connectivity index (χ2v) is 19.0. The molecule has 7 aromatic rings. The Morgan fingerprint density at radius 1 is 0.768 bits per heavy atom. The fourth-order valence-electron chi connectivity index (χ4n) is 9.88. The number of rotatable bonds is 15. The SMILES string of the molecule is CC(C)(C(=O)O)c1ccc(C(O)CCCN2CCC(C(O)(c3ccccc3)c3ccccc3)CC2)cc1.CN(c1nccc(O)n1)C1CCN(c2nc3ccccc3n2Cc2ccc(F)cc2)CC1. The number of aliphatic hydroxyl groups excluding tert-OH is 1. The molecule has 360 valence electrons. The number of halogens is 1. The molecule has 4 N–H and O–H groups in total. The van der Waals surface area contributed by atoms with Crippen LogP contribution in [-0.2, 0) is 22.4 Å². The van der Waals surface area contributed by atoms with Crippen LogP contribution in [0.3, 0.4) is 0 Å². The average molecular weight is 934 g/mol. The highest BCUT2D eigenvalue weighted by molar-refractivity contribution is 5.80. The van der Waals surface area contributed by atoms with E-state index in [1.165, 1.54) is 18.2 Å². The highest BCUT2D eigenvalue weighted by atomic mass is 19.1. The molecule has 5 aromatic carbocycles. The van der Waals surface area contributed by atoms with E-state index < -0.39 is 23.1 Å². The van der Waals surface area contributed by atoms with E-state index in [0.29, 0.717) is 18.9 Å². The summed E-state index contributed by atoms with van der Waals surface area (Å²) in [5.41, 5.74) is 4.53. The van der Waals surface area contributed by atoms with Crippen LogP contribution in [0.2, 0.25) is 0 Å². The van der Waals surface area contributed by atoms with Crippen molar-refractivity contribution < 1.29 is 29.6 Å². The highest BCUT2D eigenvalue weighted by Gasteiger charge is 2.41. The summed E-state index contributed by atoms with van der Waals surface area (Å²) in [6.07, 6.45) is 6.19. The Hall–Kier alpha value is -6.67. The van der Waals surface area contributed by atoms with Crippen molar-refractivity contribution in [2.45, 2.75) is 82.1 Å². The zero-order chi connectivity index (χ0) is 48.5. The molecule has 9 rings (SSSR count). The third-order valence-electron chi connectivity index (χ3n) is 14.2. The number of fused-ring (bicyclic) bond motifs is 1. The Balaban J connectivity index is 0.000000188. The molecule has 2 fully saturated rings. The normalized spacial score (nSPS) is 15.7. The lowest BCUT2D eigenvalue weighted by Crippen LogP contribution is -2.44. The van der Waals surface area contributed by atoms with Crippen LogP contribution in [0.15, 0.2) is 146 Å². The number of carbonyl (C=O) groups is 1. The maximum absolute atomic E-state index is 13.4. The minimum Gasteiger partial charge on any atom is -0.493 e. The number of para-hydroxylation sites is 2. The fourth-order valence-corrected chi connectivity index (χ4v) is 9.88. The van der Waals surface area contributed by atoms with Crippen LogP contribution in [0.25, 0.3) is 11.0 Å². The Bertz CT molecular complexity index is 2700. The summed E-state index contributed by atoms with van der Waals surface area (Å²) < 4.78 is 15.6. The number of aromatic nitrogens is 4. The molecule has 0 aliphatic carbocycles. The van der Waals surface area contributed by atoms with Gasteiger partial charge in [-0.15, -0.1) is 0 Å². The van der Waals surface area contributed by atoms with Crippen LogP contribution < -0.4 is 9.80 Å². The molecule has 2 aromatic heterocycles. The van der Waals surface area contributed by atoms with E-state index in [4.69, 9.17) is 4.98 Å². The minimum atomic E-state index is -1.01. The van der Waals surface area contributed by atoms with Crippen molar-refractivity contribution in [3.63, 3.8) is 0 Å². The lowest BCUT2D eigenvalue weighted by Gasteiger charge is -2.42. The summed E-state index contributed by atoms with van der Waals surface area (Å²) in [6.45, 7) is 8.44.